The molecular weight excluding hydrogens is 262 g/mol. The van der Waals surface area contributed by atoms with E-state index in [0.29, 0.717) is 0 Å². The Labute approximate surface area is 99.0 Å². The van der Waals surface area contributed by atoms with E-state index in [-0.39, 0.29) is 12.3 Å². The lowest BCUT2D eigenvalue weighted by atomic mass is 9.99. The Morgan fingerprint density at radius 2 is 1.61 bits per heavy atom. The molecule has 0 saturated heterocycles. The molecule has 8 heteroatoms. The first-order valence-corrected chi connectivity index (χ1v) is 4.98. The second-order valence-electron chi connectivity index (χ2n) is 4.07. The van der Waals surface area contributed by atoms with Gasteiger partial charge in [-0.1, -0.05) is 22.8 Å². The van der Waals surface area contributed by atoms with Gasteiger partial charge in [-0.15, -0.1) is 4.48 Å². The van der Waals surface area contributed by atoms with Crippen molar-refractivity contribution in [2.24, 2.45) is 5.92 Å². The molecule has 1 rings (SSSR count). The standard InChI is InChI=1S/C10H10F6N2/c1-4(2)3-5-6(11)7(12)8(13)10(18(15)16)9(5)17-14/h4,17H,3H2,1-2H3. The minimum Gasteiger partial charge on any atom is -0.222 e. The average molecular weight is 272 g/mol. The molecule has 0 aliphatic carbocycles. The van der Waals surface area contributed by atoms with Gasteiger partial charge in [-0.3, -0.25) is 0 Å². The summed E-state index contributed by atoms with van der Waals surface area (Å²) in [5, 5.41) is -1.80. The van der Waals surface area contributed by atoms with Gasteiger partial charge in [0.1, 0.15) is 5.69 Å². The Kier molecular flexibility index (Phi) is 4.31. The van der Waals surface area contributed by atoms with E-state index in [9.17, 15) is 26.6 Å². The third-order valence-corrected chi connectivity index (χ3v) is 2.27. The summed E-state index contributed by atoms with van der Waals surface area (Å²) in [5.41, 5.74) is -2.64. The van der Waals surface area contributed by atoms with Crippen LogP contribution in [0.15, 0.2) is 0 Å². The van der Waals surface area contributed by atoms with E-state index in [1.165, 1.54) is 0 Å². The van der Waals surface area contributed by atoms with Gasteiger partial charge in [0.05, 0.1) is 0 Å². The highest BCUT2D eigenvalue weighted by atomic mass is 19.4. The molecule has 0 fully saturated rings. The van der Waals surface area contributed by atoms with Crippen LogP contribution in [0.4, 0.5) is 38.0 Å². The number of nitrogens with one attached hydrogen (secondary N) is 1. The van der Waals surface area contributed by atoms with Crippen molar-refractivity contribution in [3.8, 4) is 0 Å². The Balaban J connectivity index is 3.58. The van der Waals surface area contributed by atoms with Gasteiger partial charge in [0.25, 0.3) is 0 Å². The zero-order valence-electron chi connectivity index (χ0n) is 9.50. The van der Waals surface area contributed by atoms with Gasteiger partial charge in [-0.05, 0) is 17.7 Å². The van der Waals surface area contributed by atoms with Gasteiger partial charge in [0.15, 0.2) is 23.1 Å². The minimum atomic E-state index is -2.15. The summed E-state index contributed by atoms with van der Waals surface area (Å²) in [7, 11) is 0. The number of anilines is 2. The normalized spacial score (nSPS) is 10.9. The molecule has 2 nitrogen and oxygen atoms in total. The SMILES string of the molecule is CC(C)Cc1c(F)c(F)c(F)c(N(F)F)c1NF. The van der Waals surface area contributed by atoms with E-state index >= 15 is 0 Å². The molecule has 0 amide bonds. The molecule has 0 spiro atoms. The quantitative estimate of drug-likeness (QED) is 0.502. The van der Waals surface area contributed by atoms with Gasteiger partial charge in [-0.25, -0.2) is 18.7 Å². The molecule has 1 aromatic rings. The van der Waals surface area contributed by atoms with E-state index in [4.69, 9.17) is 0 Å². The topological polar surface area (TPSA) is 15.3 Å². The van der Waals surface area contributed by atoms with Crippen molar-refractivity contribution >= 4 is 11.4 Å². The van der Waals surface area contributed by atoms with E-state index < -0.39 is 39.7 Å². The fourth-order valence-corrected chi connectivity index (χ4v) is 1.56. The largest absolute Gasteiger partial charge is 0.222 e. The molecule has 1 N–H and O–H groups in total. The van der Waals surface area contributed by atoms with E-state index in [1.54, 1.807) is 13.8 Å². The Morgan fingerprint density at radius 3 is 2.00 bits per heavy atom. The minimum absolute atomic E-state index is 0.226. The highest BCUT2D eigenvalue weighted by molar-refractivity contribution is 5.72. The van der Waals surface area contributed by atoms with Crippen molar-refractivity contribution in [3.63, 3.8) is 0 Å². The molecular formula is C10H10F6N2. The molecule has 1 aromatic carbocycles. The Morgan fingerprint density at radius 1 is 1.06 bits per heavy atom. The smallest absolute Gasteiger partial charge is 0.197 e. The van der Waals surface area contributed by atoms with Crippen LogP contribution < -0.4 is 10.9 Å². The number of hydrogen-bond donors (Lipinski definition) is 1. The second-order valence-corrected chi connectivity index (χ2v) is 4.07. The predicted molar refractivity (Wildman–Crippen MR) is 54.3 cm³/mol. The van der Waals surface area contributed by atoms with Crippen LogP contribution in [0, 0.1) is 23.4 Å². The first kappa shape index (κ1) is 14.5. The zero-order valence-corrected chi connectivity index (χ0v) is 9.50. The van der Waals surface area contributed by atoms with Gasteiger partial charge >= 0.3 is 0 Å². The van der Waals surface area contributed by atoms with Gasteiger partial charge in [0.2, 0.25) is 0 Å². The lowest BCUT2D eigenvalue weighted by Crippen LogP contribution is -2.12. The van der Waals surface area contributed by atoms with Crippen molar-refractivity contribution in [1.29, 1.82) is 0 Å². The number of nitrogens with zero attached hydrogens (tertiary/aromatic N) is 1. The number of hydrogen-bond acceptors (Lipinski definition) is 2. The monoisotopic (exact) mass is 272 g/mol. The van der Waals surface area contributed by atoms with Gasteiger partial charge in [-0.2, -0.15) is 0 Å². The fraction of sp³-hybridized carbons (Fsp3) is 0.400. The second kappa shape index (κ2) is 5.36. The molecule has 0 bridgehead atoms. The van der Waals surface area contributed by atoms with Crippen molar-refractivity contribution < 1.29 is 26.6 Å². The summed E-state index contributed by atoms with van der Waals surface area (Å²) in [6.07, 6.45) is -0.226. The maximum absolute atomic E-state index is 13.4. The van der Waals surface area contributed by atoms with Crippen LogP contribution in [0.2, 0.25) is 0 Å². The zero-order chi connectivity index (χ0) is 14.0. The number of rotatable bonds is 4. The van der Waals surface area contributed by atoms with E-state index in [1.807, 2.05) is 0 Å². The highest BCUT2D eigenvalue weighted by Crippen LogP contribution is 2.38. The fourth-order valence-electron chi connectivity index (χ4n) is 1.56. The summed E-state index contributed by atoms with van der Waals surface area (Å²) in [4.78, 5) is 0. The first-order valence-electron chi connectivity index (χ1n) is 4.98. The highest BCUT2D eigenvalue weighted by Gasteiger charge is 2.29. The summed E-state index contributed by atoms with van der Waals surface area (Å²) in [5.74, 6) is -6.14. The van der Waals surface area contributed by atoms with Gasteiger partial charge < -0.3 is 0 Å². The van der Waals surface area contributed by atoms with Crippen LogP contribution in [0.5, 0.6) is 0 Å². The van der Waals surface area contributed by atoms with Crippen molar-refractivity contribution in [3.05, 3.63) is 23.0 Å². The maximum Gasteiger partial charge on any atom is 0.197 e. The molecule has 0 aliphatic rings. The Hall–Kier alpha value is -1.60. The summed E-state index contributed by atoms with van der Waals surface area (Å²) in [6.45, 7) is 3.18. The molecule has 0 unspecified atom stereocenters. The van der Waals surface area contributed by atoms with Crippen LogP contribution in [-0.4, -0.2) is 0 Å². The van der Waals surface area contributed by atoms with Crippen molar-refractivity contribution in [2.75, 3.05) is 10.9 Å². The maximum atomic E-state index is 13.4. The molecule has 0 saturated carbocycles. The molecule has 0 heterocycles. The van der Waals surface area contributed by atoms with Crippen LogP contribution in [0.3, 0.4) is 0 Å². The third kappa shape index (κ3) is 2.46. The van der Waals surface area contributed by atoms with Crippen molar-refractivity contribution in [2.45, 2.75) is 20.3 Å². The first-order chi connectivity index (χ1) is 8.31. The molecule has 102 valence electrons. The summed E-state index contributed by atoms with van der Waals surface area (Å²) < 4.78 is 77.0. The lowest BCUT2D eigenvalue weighted by molar-refractivity contribution is 0.229. The van der Waals surface area contributed by atoms with Crippen LogP contribution in [0.25, 0.3) is 0 Å². The third-order valence-electron chi connectivity index (χ3n) is 2.27. The Bertz CT molecular complexity index is 447. The predicted octanol–water partition coefficient (Wildman–Crippen LogP) is 4.17. The average Bonchev–Trinajstić information content (AvgIpc) is 2.28. The van der Waals surface area contributed by atoms with Gasteiger partial charge in [0, 0.05) is 5.56 Å². The number of benzene rings is 1. The van der Waals surface area contributed by atoms with Crippen LogP contribution in [-0.2, 0) is 6.42 Å². The van der Waals surface area contributed by atoms with Crippen molar-refractivity contribution in [1.82, 2.24) is 0 Å². The molecule has 0 atom stereocenters. The van der Waals surface area contributed by atoms with E-state index in [2.05, 4.69) is 0 Å². The summed E-state index contributed by atoms with van der Waals surface area (Å²) >= 11 is 0. The lowest BCUT2D eigenvalue weighted by Gasteiger charge is -2.16. The van der Waals surface area contributed by atoms with Crippen LogP contribution >= 0.6 is 0 Å². The molecule has 0 aliphatic heterocycles. The van der Waals surface area contributed by atoms with Crippen LogP contribution in [0.1, 0.15) is 19.4 Å². The number of halogens is 6. The van der Waals surface area contributed by atoms with E-state index in [0.717, 1.165) is 5.54 Å². The molecule has 0 radical (unpaired) electrons. The molecule has 0 aromatic heterocycles. The molecule has 18 heavy (non-hydrogen) atoms. The summed E-state index contributed by atoms with van der Waals surface area (Å²) in [6, 6.07) is 0.